The molecule has 0 aliphatic carbocycles. The van der Waals surface area contributed by atoms with Gasteiger partial charge in [0.2, 0.25) is 0 Å². The summed E-state index contributed by atoms with van der Waals surface area (Å²) in [5.74, 6) is 0.437. The molecule has 2 aromatic rings. The predicted octanol–water partition coefficient (Wildman–Crippen LogP) is 3.33. The summed E-state index contributed by atoms with van der Waals surface area (Å²) in [6, 6.07) is 11.5. The molecule has 0 saturated heterocycles. The molecular formula is C15H13NO4. The van der Waals surface area contributed by atoms with Crippen LogP contribution in [0, 0.1) is 4.91 Å². The summed E-state index contributed by atoms with van der Waals surface area (Å²) < 4.78 is 10.2. The van der Waals surface area contributed by atoms with Crippen molar-refractivity contribution in [2.45, 2.75) is 0 Å². The second-order valence-corrected chi connectivity index (χ2v) is 4.01. The van der Waals surface area contributed by atoms with Crippen LogP contribution in [0.15, 0.2) is 47.6 Å². The van der Waals surface area contributed by atoms with Gasteiger partial charge < -0.3 is 9.47 Å². The van der Waals surface area contributed by atoms with E-state index in [1.807, 2.05) is 6.07 Å². The maximum absolute atomic E-state index is 12.4. The smallest absolute Gasteiger partial charge is 0.195 e. The molecule has 0 fully saturated rings. The van der Waals surface area contributed by atoms with E-state index < -0.39 is 0 Å². The molecule has 0 bridgehead atoms. The molecule has 20 heavy (non-hydrogen) atoms. The van der Waals surface area contributed by atoms with E-state index in [0.29, 0.717) is 17.1 Å². The van der Waals surface area contributed by atoms with Gasteiger partial charge in [-0.15, -0.1) is 4.91 Å². The van der Waals surface area contributed by atoms with Crippen LogP contribution >= 0.6 is 0 Å². The van der Waals surface area contributed by atoms with Gasteiger partial charge in [0.05, 0.1) is 19.8 Å². The topological polar surface area (TPSA) is 65.0 Å². The van der Waals surface area contributed by atoms with Crippen LogP contribution in [0.2, 0.25) is 0 Å². The first-order valence-electron chi connectivity index (χ1n) is 5.90. The summed E-state index contributed by atoms with van der Waals surface area (Å²) in [6.07, 6.45) is 0. The molecule has 102 valence electrons. The number of rotatable bonds is 5. The normalized spacial score (nSPS) is 9.90. The lowest BCUT2D eigenvalue weighted by molar-refractivity contribution is 0.103. The van der Waals surface area contributed by atoms with Crippen LogP contribution in [0.25, 0.3) is 0 Å². The zero-order valence-electron chi connectivity index (χ0n) is 11.1. The fourth-order valence-corrected chi connectivity index (χ4v) is 1.87. The highest BCUT2D eigenvalue weighted by molar-refractivity contribution is 6.12. The van der Waals surface area contributed by atoms with Gasteiger partial charge in [-0.3, -0.25) is 4.79 Å². The molecule has 2 aromatic carbocycles. The van der Waals surface area contributed by atoms with E-state index in [0.717, 1.165) is 0 Å². The largest absolute Gasteiger partial charge is 0.493 e. The first-order chi connectivity index (χ1) is 9.71. The molecular weight excluding hydrogens is 258 g/mol. The molecule has 0 N–H and O–H groups in total. The Bertz CT molecular complexity index is 638. The van der Waals surface area contributed by atoms with Gasteiger partial charge in [0.25, 0.3) is 0 Å². The minimum absolute atomic E-state index is 0.0245. The summed E-state index contributed by atoms with van der Waals surface area (Å²) in [5, 5.41) is 2.89. The van der Waals surface area contributed by atoms with Crippen LogP contribution in [-0.2, 0) is 0 Å². The van der Waals surface area contributed by atoms with Crippen LogP contribution in [0.4, 0.5) is 5.69 Å². The van der Waals surface area contributed by atoms with Crippen LogP contribution in [-0.4, -0.2) is 20.0 Å². The third kappa shape index (κ3) is 2.51. The number of nitrogens with zero attached hydrogens (tertiary/aromatic N) is 1. The van der Waals surface area contributed by atoms with Gasteiger partial charge in [-0.2, -0.15) is 0 Å². The molecule has 0 saturated carbocycles. The number of hydrogen-bond acceptors (Lipinski definition) is 5. The average Bonchev–Trinajstić information content (AvgIpc) is 2.53. The summed E-state index contributed by atoms with van der Waals surface area (Å²) in [6.45, 7) is 0. The third-order valence-electron chi connectivity index (χ3n) is 2.88. The molecule has 0 heterocycles. The summed E-state index contributed by atoms with van der Waals surface area (Å²) in [7, 11) is 2.91. The van der Waals surface area contributed by atoms with Gasteiger partial charge >= 0.3 is 0 Å². The highest BCUT2D eigenvalue weighted by atomic mass is 16.5. The van der Waals surface area contributed by atoms with Crippen LogP contribution < -0.4 is 9.47 Å². The fraction of sp³-hybridized carbons (Fsp3) is 0.133. The van der Waals surface area contributed by atoms with E-state index in [4.69, 9.17) is 9.47 Å². The van der Waals surface area contributed by atoms with Crippen LogP contribution in [0.1, 0.15) is 15.9 Å². The minimum atomic E-state index is -0.291. The first-order valence-corrected chi connectivity index (χ1v) is 5.90. The summed E-state index contributed by atoms with van der Waals surface area (Å²) >= 11 is 0. The average molecular weight is 271 g/mol. The van der Waals surface area contributed by atoms with E-state index in [-0.39, 0.29) is 17.0 Å². The standard InChI is InChI=1S/C15H13NO4/c1-19-13-8-11(12(16-18)9-14(13)20-2)15(17)10-6-4-3-5-7-10/h3-9H,1-2H3. The van der Waals surface area contributed by atoms with Crippen molar-refractivity contribution in [3.05, 3.63) is 58.5 Å². The number of hydrogen-bond donors (Lipinski definition) is 0. The number of methoxy groups -OCH3 is 2. The highest BCUT2D eigenvalue weighted by Gasteiger charge is 2.18. The van der Waals surface area contributed by atoms with E-state index in [9.17, 15) is 9.70 Å². The molecule has 0 aliphatic rings. The highest BCUT2D eigenvalue weighted by Crippen LogP contribution is 2.35. The Morgan fingerprint density at radius 2 is 1.60 bits per heavy atom. The Kier molecular flexibility index (Phi) is 4.10. The monoisotopic (exact) mass is 271 g/mol. The molecule has 0 radical (unpaired) electrons. The van der Waals surface area contributed by atoms with E-state index >= 15 is 0 Å². The lowest BCUT2D eigenvalue weighted by atomic mass is 10.0. The van der Waals surface area contributed by atoms with Crippen molar-refractivity contribution in [3.8, 4) is 11.5 Å². The van der Waals surface area contributed by atoms with Gasteiger partial charge in [-0.1, -0.05) is 30.3 Å². The van der Waals surface area contributed by atoms with Gasteiger partial charge in [0.15, 0.2) is 17.3 Å². The maximum atomic E-state index is 12.4. The zero-order chi connectivity index (χ0) is 14.5. The van der Waals surface area contributed by atoms with Crippen molar-refractivity contribution in [2.75, 3.05) is 14.2 Å². The van der Waals surface area contributed by atoms with Gasteiger partial charge in [0, 0.05) is 11.6 Å². The molecule has 0 spiro atoms. The van der Waals surface area contributed by atoms with Crippen molar-refractivity contribution < 1.29 is 14.3 Å². The van der Waals surface area contributed by atoms with Crippen LogP contribution in [0.5, 0.6) is 11.5 Å². The quantitative estimate of drug-likeness (QED) is 0.618. The van der Waals surface area contributed by atoms with Crippen molar-refractivity contribution in [1.82, 2.24) is 0 Å². The molecule has 0 aliphatic heterocycles. The molecule has 0 atom stereocenters. The molecule has 5 nitrogen and oxygen atoms in total. The Balaban J connectivity index is 2.55. The van der Waals surface area contributed by atoms with E-state index in [1.165, 1.54) is 26.4 Å². The Morgan fingerprint density at radius 3 is 2.15 bits per heavy atom. The third-order valence-corrected chi connectivity index (χ3v) is 2.88. The Hall–Kier alpha value is -2.69. The Morgan fingerprint density at radius 1 is 1.00 bits per heavy atom. The molecule has 0 amide bonds. The number of benzene rings is 2. The summed E-state index contributed by atoms with van der Waals surface area (Å²) in [5.41, 5.74) is 0.685. The number of carbonyl (C=O) groups is 1. The fourth-order valence-electron chi connectivity index (χ4n) is 1.87. The number of ether oxygens (including phenoxy) is 2. The van der Waals surface area contributed by atoms with Crippen LogP contribution in [0.3, 0.4) is 0 Å². The zero-order valence-corrected chi connectivity index (χ0v) is 11.1. The van der Waals surface area contributed by atoms with Crippen molar-refractivity contribution >= 4 is 11.5 Å². The minimum Gasteiger partial charge on any atom is -0.493 e. The lowest BCUT2D eigenvalue weighted by Crippen LogP contribution is -2.03. The van der Waals surface area contributed by atoms with Gasteiger partial charge in [-0.25, -0.2) is 0 Å². The van der Waals surface area contributed by atoms with E-state index in [1.54, 1.807) is 24.3 Å². The number of carbonyl (C=O) groups excluding carboxylic acids is 1. The van der Waals surface area contributed by atoms with E-state index in [2.05, 4.69) is 5.18 Å². The van der Waals surface area contributed by atoms with Crippen molar-refractivity contribution in [3.63, 3.8) is 0 Å². The van der Waals surface area contributed by atoms with Crippen molar-refractivity contribution in [1.29, 1.82) is 0 Å². The van der Waals surface area contributed by atoms with Crippen molar-refractivity contribution in [2.24, 2.45) is 5.18 Å². The second kappa shape index (κ2) is 5.97. The number of nitroso groups, excluding NO2 is 1. The molecule has 0 unspecified atom stereocenters. The molecule has 0 aromatic heterocycles. The van der Waals surface area contributed by atoms with Gasteiger partial charge in [-0.05, 0) is 11.2 Å². The first kappa shape index (κ1) is 13.7. The lowest BCUT2D eigenvalue weighted by Gasteiger charge is -2.10. The maximum Gasteiger partial charge on any atom is 0.195 e. The molecule has 2 rings (SSSR count). The van der Waals surface area contributed by atoms with Gasteiger partial charge in [0.1, 0.15) is 5.69 Å². The second-order valence-electron chi connectivity index (χ2n) is 4.01. The Labute approximate surface area is 116 Å². The SMILES string of the molecule is COc1cc(N=O)c(C(=O)c2ccccc2)cc1OC. The summed E-state index contributed by atoms with van der Waals surface area (Å²) in [4.78, 5) is 23.3. The number of ketones is 1. The predicted molar refractivity (Wildman–Crippen MR) is 74.9 cm³/mol. The molecule has 5 heteroatoms.